The Balaban J connectivity index is 1.50. The van der Waals surface area contributed by atoms with Gasteiger partial charge in [-0.25, -0.2) is 0 Å². The van der Waals surface area contributed by atoms with Crippen LogP contribution in [-0.2, 0) is 17.8 Å². The van der Waals surface area contributed by atoms with Gasteiger partial charge in [-0.15, -0.1) is 0 Å². The second kappa shape index (κ2) is 8.08. The predicted octanol–water partition coefficient (Wildman–Crippen LogP) is 2.62. The number of nitrogens with one attached hydrogen (secondary N) is 1. The fraction of sp³-hybridized carbons (Fsp3) is 0.350. The molecule has 1 N–H and O–H groups in total. The summed E-state index contributed by atoms with van der Waals surface area (Å²) in [5, 5.41) is 2.97. The number of hydrogen-bond donors (Lipinski definition) is 1. The molecule has 2 aromatic carbocycles. The first-order valence-corrected chi connectivity index (χ1v) is 8.53. The summed E-state index contributed by atoms with van der Waals surface area (Å²) >= 11 is 0. The van der Waals surface area contributed by atoms with Gasteiger partial charge in [0, 0.05) is 38.4 Å². The smallest absolute Gasteiger partial charge is 0.228 e. The summed E-state index contributed by atoms with van der Waals surface area (Å²) in [6, 6.07) is 18.0. The molecular weight excluding hydrogens is 298 g/mol. The molecule has 0 unspecified atom stereocenters. The van der Waals surface area contributed by atoms with Crippen LogP contribution in [0.4, 0.5) is 5.69 Å². The highest BCUT2D eigenvalue weighted by Crippen LogP contribution is 2.13. The number of amides is 1. The molecule has 1 heterocycles. The van der Waals surface area contributed by atoms with Crippen molar-refractivity contribution < 1.29 is 4.79 Å². The minimum Gasteiger partial charge on any atom is -0.326 e. The average molecular weight is 323 g/mol. The van der Waals surface area contributed by atoms with Gasteiger partial charge in [-0.3, -0.25) is 9.69 Å². The first-order chi connectivity index (χ1) is 11.7. The van der Waals surface area contributed by atoms with Crippen molar-refractivity contribution in [1.29, 1.82) is 0 Å². The Bertz CT molecular complexity index is 646. The molecule has 0 radical (unpaired) electrons. The number of anilines is 1. The van der Waals surface area contributed by atoms with Crippen molar-refractivity contribution in [1.82, 2.24) is 9.80 Å². The molecular formula is C20H25N3O. The molecule has 4 nitrogen and oxygen atoms in total. The van der Waals surface area contributed by atoms with Gasteiger partial charge in [0.1, 0.15) is 0 Å². The summed E-state index contributed by atoms with van der Waals surface area (Å²) in [4.78, 5) is 16.9. The molecule has 0 aromatic heterocycles. The van der Waals surface area contributed by atoms with Crippen LogP contribution in [0.3, 0.4) is 0 Å². The van der Waals surface area contributed by atoms with E-state index in [0.717, 1.165) is 44.0 Å². The quantitative estimate of drug-likeness (QED) is 0.919. The first kappa shape index (κ1) is 16.7. The number of likely N-dealkylation sites (N-methyl/N-ethyl adjacent to an activating group) is 1. The largest absolute Gasteiger partial charge is 0.326 e. The van der Waals surface area contributed by atoms with Gasteiger partial charge in [0.05, 0.1) is 6.42 Å². The molecule has 1 aliphatic heterocycles. The van der Waals surface area contributed by atoms with Crippen LogP contribution in [0.25, 0.3) is 0 Å². The Morgan fingerprint density at radius 2 is 1.58 bits per heavy atom. The molecule has 24 heavy (non-hydrogen) atoms. The van der Waals surface area contributed by atoms with Crippen molar-refractivity contribution >= 4 is 11.6 Å². The molecule has 0 atom stereocenters. The SMILES string of the molecule is CN1CCN(Cc2ccc(NC(=O)Cc3ccccc3)cc2)CC1. The van der Waals surface area contributed by atoms with Gasteiger partial charge in [-0.05, 0) is 30.3 Å². The van der Waals surface area contributed by atoms with Crippen molar-refractivity contribution in [2.45, 2.75) is 13.0 Å². The summed E-state index contributed by atoms with van der Waals surface area (Å²) in [7, 11) is 2.17. The molecule has 1 aliphatic rings. The molecule has 3 rings (SSSR count). The topological polar surface area (TPSA) is 35.6 Å². The Kier molecular flexibility index (Phi) is 5.62. The monoisotopic (exact) mass is 323 g/mol. The third-order valence-corrected chi connectivity index (χ3v) is 4.45. The predicted molar refractivity (Wildman–Crippen MR) is 98.0 cm³/mol. The van der Waals surface area contributed by atoms with Gasteiger partial charge in [-0.1, -0.05) is 42.5 Å². The lowest BCUT2D eigenvalue weighted by Gasteiger charge is -2.32. The minimum absolute atomic E-state index is 0.0213. The van der Waals surface area contributed by atoms with E-state index in [2.05, 4.69) is 34.3 Å². The van der Waals surface area contributed by atoms with E-state index < -0.39 is 0 Å². The average Bonchev–Trinajstić information content (AvgIpc) is 2.59. The van der Waals surface area contributed by atoms with E-state index in [9.17, 15) is 4.79 Å². The summed E-state index contributed by atoms with van der Waals surface area (Å²) in [5.41, 5.74) is 3.18. The van der Waals surface area contributed by atoms with Gasteiger partial charge in [0.15, 0.2) is 0 Å². The van der Waals surface area contributed by atoms with Crippen LogP contribution in [0.15, 0.2) is 54.6 Å². The summed E-state index contributed by atoms with van der Waals surface area (Å²) in [6.07, 6.45) is 0.407. The van der Waals surface area contributed by atoms with E-state index in [1.807, 2.05) is 42.5 Å². The zero-order valence-corrected chi connectivity index (χ0v) is 14.2. The standard InChI is InChI=1S/C20H25N3O/c1-22-11-13-23(14-12-22)16-18-7-9-19(10-8-18)21-20(24)15-17-5-3-2-4-6-17/h2-10H,11-16H2,1H3,(H,21,24). The molecule has 4 heteroatoms. The maximum atomic E-state index is 12.1. The van der Waals surface area contributed by atoms with Crippen molar-refractivity contribution in [2.24, 2.45) is 0 Å². The van der Waals surface area contributed by atoms with Crippen LogP contribution in [0.1, 0.15) is 11.1 Å². The fourth-order valence-corrected chi connectivity index (χ4v) is 2.94. The number of piperazine rings is 1. The van der Waals surface area contributed by atoms with E-state index in [4.69, 9.17) is 0 Å². The Morgan fingerprint density at radius 1 is 0.917 bits per heavy atom. The molecule has 1 fully saturated rings. The Morgan fingerprint density at radius 3 is 2.25 bits per heavy atom. The number of benzene rings is 2. The lowest BCUT2D eigenvalue weighted by molar-refractivity contribution is -0.115. The first-order valence-electron chi connectivity index (χ1n) is 8.53. The lowest BCUT2D eigenvalue weighted by atomic mass is 10.1. The molecule has 1 saturated heterocycles. The highest BCUT2D eigenvalue weighted by atomic mass is 16.1. The highest BCUT2D eigenvalue weighted by Gasteiger charge is 2.13. The van der Waals surface area contributed by atoms with Gasteiger partial charge in [0.25, 0.3) is 0 Å². The fourth-order valence-electron chi connectivity index (χ4n) is 2.94. The van der Waals surface area contributed by atoms with E-state index in [1.165, 1.54) is 5.56 Å². The zero-order chi connectivity index (χ0) is 16.8. The van der Waals surface area contributed by atoms with E-state index in [0.29, 0.717) is 6.42 Å². The van der Waals surface area contributed by atoms with Crippen LogP contribution in [0.5, 0.6) is 0 Å². The Hall–Kier alpha value is -2.17. The van der Waals surface area contributed by atoms with Crippen LogP contribution < -0.4 is 5.32 Å². The molecule has 0 saturated carbocycles. The molecule has 0 bridgehead atoms. The summed E-state index contributed by atoms with van der Waals surface area (Å²) in [5.74, 6) is 0.0213. The van der Waals surface area contributed by atoms with Crippen molar-refractivity contribution in [3.05, 3.63) is 65.7 Å². The van der Waals surface area contributed by atoms with Crippen LogP contribution in [-0.4, -0.2) is 48.9 Å². The lowest BCUT2D eigenvalue weighted by Crippen LogP contribution is -2.43. The third kappa shape index (κ3) is 4.91. The van der Waals surface area contributed by atoms with E-state index >= 15 is 0 Å². The van der Waals surface area contributed by atoms with Crippen molar-refractivity contribution in [3.8, 4) is 0 Å². The maximum Gasteiger partial charge on any atom is 0.228 e. The second-order valence-electron chi connectivity index (χ2n) is 6.49. The number of nitrogens with zero attached hydrogens (tertiary/aromatic N) is 2. The third-order valence-electron chi connectivity index (χ3n) is 4.45. The van der Waals surface area contributed by atoms with Crippen LogP contribution in [0.2, 0.25) is 0 Å². The van der Waals surface area contributed by atoms with Gasteiger partial charge in [-0.2, -0.15) is 0 Å². The number of carbonyl (C=O) groups excluding carboxylic acids is 1. The van der Waals surface area contributed by atoms with Gasteiger partial charge in [0.2, 0.25) is 5.91 Å². The number of rotatable bonds is 5. The molecule has 1 amide bonds. The molecule has 0 aliphatic carbocycles. The van der Waals surface area contributed by atoms with Gasteiger partial charge < -0.3 is 10.2 Å². The molecule has 0 spiro atoms. The number of hydrogen-bond acceptors (Lipinski definition) is 3. The minimum atomic E-state index is 0.0213. The summed E-state index contributed by atoms with van der Waals surface area (Å²) < 4.78 is 0. The van der Waals surface area contributed by atoms with Crippen LogP contribution in [0, 0.1) is 0 Å². The van der Waals surface area contributed by atoms with Gasteiger partial charge >= 0.3 is 0 Å². The van der Waals surface area contributed by atoms with Crippen LogP contribution >= 0.6 is 0 Å². The normalized spacial score (nSPS) is 16.0. The highest BCUT2D eigenvalue weighted by molar-refractivity contribution is 5.92. The van der Waals surface area contributed by atoms with Crippen molar-refractivity contribution in [2.75, 3.05) is 38.5 Å². The van der Waals surface area contributed by atoms with Crippen molar-refractivity contribution in [3.63, 3.8) is 0 Å². The Labute approximate surface area is 144 Å². The van der Waals surface area contributed by atoms with E-state index in [-0.39, 0.29) is 5.91 Å². The zero-order valence-electron chi connectivity index (χ0n) is 14.2. The molecule has 126 valence electrons. The second-order valence-corrected chi connectivity index (χ2v) is 6.49. The summed E-state index contributed by atoms with van der Waals surface area (Å²) in [6.45, 7) is 5.48. The molecule has 2 aromatic rings. The van der Waals surface area contributed by atoms with E-state index in [1.54, 1.807) is 0 Å². The number of carbonyl (C=O) groups is 1. The maximum absolute atomic E-state index is 12.1.